The molecule has 1 aromatic carbocycles. The van der Waals surface area contributed by atoms with Crippen molar-refractivity contribution in [2.75, 3.05) is 0 Å². The number of carbonyl (C=O) groups excluding carboxylic acids is 1. The second-order valence-corrected chi connectivity index (χ2v) is 6.63. The third-order valence-corrected chi connectivity index (χ3v) is 4.70. The molecule has 2 N–H and O–H groups in total. The summed E-state index contributed by atoms with van der Waals surface area (Å²) < 4.78 is 41.5. The van der Waals surface area contributed by atoms with Gasteiger partial charge in [-0.3, -0.25) is 4.79 Å². The zero-order chi connectivity index (χ0) is 18.9. The minimum atomic E-state index is -4.80. The fourth-order valence-electron chi connectivity index (χ4n) is 2.62. The topological polar surface area (TPSA) is 88.5 Å². The zero-order valence-electron chi connectivity index (χ0n) is 13.1. The van der Waals surface area contributed by atoms with E-state index < -0.39 is 18.2 Å². The SMILES string of the molecule is O=C(O)c1csc(CNC(=O)[C@H]2C[C@@H]2c2ccccc2OC(F)(F)F)n1. The van der Waals surface area contributed by atoms with Gasteiger partial charge in [0.25, 0.3) is 0 Å². The molecule has 10 heteroatoms. The Morgan fingerprint density at radius 2 is 2.08 bits per heavy atom. The van der Waals surface area contributed by atoms with Gasteiger partial charge < -0.3 is 15.2 Å². The molecule has 0 radical (unpaired) electrons. The van der Waals surface area contributed by atoms with Crippen LogP contribution in [0.4, 0.5) is 13.2 Å². The van der Waals surface area contributed by atoms with Gasteiger partial charge in [-0.2, -0.15) is 0 Å². The summed E-state index contributed by atoms with van der Waals surface area (Å²) in [7, 11) is 0. The van der Waals surface area contributed by atoms with Crippen LogP contribution in [0.2, 0.25) is 0 Å². The largest absolute Gasteiger partial charge is 0.573 e. The van der Waals surface area contributed by atoms with E-state index in [2.05, 4.69) is 15.0 Å². The van der Waals surface area contributed by atoms with E-state index in [1.807, 2.05) is 0 Å². The summed E-state index contributed by atoms with van der Waals surface area (Å²) in [6, 6.07) is 5.76. The molecule has 1 heterocycles. The molecule has 6 nitrogen and oxygen atoms in total. The van der Waals surface area contributed by atoms with Crippen LogP contribution in [0.15, 0.2) is 29.6 Å². The van der Waals surface area contributed by atoms with Gasteiger partial charge in [-0.25, -0.2) is 9.78 Å². The number of nitrogens with zero attached hydrogens (tertiary/aromatic N) is 1. The second-order valence-electron chi connectivity index (χ2n) is 5.68. The van der Waals surface area contributed by atoms with E-state index in [1.165, 1.54) is 23.6 Å². The van der Waals surface area contributed by atoms with Crippen molar-refractivity contribution in [2.45, 2.75) is 25.2 Å². The van der Waals surface area contributed by atoms with Gasteiger partial charge in [-0.1, -0.05) is 18.2 Å². The van der Waals surface area contributed by atoms with Crippen molar-refractivity contribution in [3.63, 3.8) is 0 Å². The Labute approximate surface area is 149 Å². The molecule has 1 amide bonds. The number of carboxylic acids is 1. The highest BCUT2D eigenvalue weighted by Gasteiger charge is 2.46. The number of hydrogen-bond acceptors (Lipinski definition) is 5. The van der Waals surface area contributed by atoms with E-state index in [0.717, 1.165) is 11.3 Å². The summed E-state index contributed by atoms with van der Waals surface area (Å²) in [6.45, 7) is 0.0701. The van der Waals surface area contributed by atoms with E-state index in [-0.39, 0.29) is 29.8 Å². The van der Waals surface area contributed by atoms with Crippen LogP contribution in [-0.2, 0) is 11.3 Å². The number of carbonyl (C=O) groups is 2. The average molecular weight is 386 g/mol. The molecule has 1 aromatic heterocycles. The summed E-state index contributed by atoms with van der Waals surface area (Å²) in [5, 5.41) is 13.2. The molecule has 0 saturated heterocycles. The number of hydrogen-bond donors (Lipinski definition) is 2. The smallest absolute Gasteiger partial charge is 0.476 e. The molecular weight excluding hydrogens is 373 g/mol. The van der Waals surface area contributed by atoms with Crippen molar-refractivity contribution in [3.8, 4) is 5.75 Å². The maximum absolute atomic E-state index is 12.5. The number of benzene rings is 1. The van der Waals surface area contributed by atoms with Gasteiger partial charge in [-0.15, -0.1) is 24.5 Å². The number of amides is 1. The second kappa shape index (κ2) is 6.94. The van der Waals surface area contributed by atoms with Crippen molar-refractivity contribution in [1.29, 1.82) is 0 Å². The lowest BCUT2D eigenvalue weighted by Crippen LogP contribution is -2.25. The minimum absolute atomic E-state index is 0.0701. The van der Waals surface area contributed by atoms with Gasteiger partial charge in [-0.05, 0) is 24.0 Å². The van der Waals surface area contributed by atoms with E-state index >= 15 is 0 Å². The lowest BCUT2D eigenvalue weighted by atomic mass is 10.1. The van der Waals surface area contributed by atoms with Crippen molar-refractivity contribution in [1.82, 2.24) is 10.3 Å². The maximum Gasteiger partial charge on any atom is 0.573 e. The Kier molecular flexibility index (Phi) is 4.86. The number of aromatic carboxylic acids is 1. The first-order valence-corrected chi connectivity index (χ1v) is 8.42. The Bertz CT molecular complexity index is 837. The van der Waals surface area contributed by atoms with Crippen molar-refractivity contribution in [2.24, 2.45) is 5.92 Å². The van der Waals surface area contributed by atoms with Crippen LogP contribution in [0.1, 0.15) is 33.4 Å². The molecule has 0 unspecified atom stereocenters. The number of ether oxygens (including phenoxy) is 1. The van der Waals surface area contributed by atoms with Crippen molar-refractivity contribution < 1.29 is 32.6 Å². The fraction of sp³-hybridized carbons (Fsp3) is 0.312. The van der Waals surface area contributed by atoms with Gasteiger partial charge in [0.1, 0.15) is 10.8 Å². The van der Waals surface area contributed by atoms with E-state index in [1.54, 1.807) is 6.07 Å². The summed E-state index contributed by atoms with van der Waals surface area (Å²) in [6.07, 6.45) is -4.38. The third-order valence-electron chi connectivity index (χ3n) is 3.86. The molecule has 1 saturated carbocycles. The van der Waals surface area contributed by atoms with Gasteiger partial charge in [0.05, 0.1) is 6.54 Å². The number of rotatable bonds is 6. The molecule has 0 aliphatic heterocycles. The Hall–Kier alpha value is -2.62. The molecule has 2 aromatic rings. The van der Waals surface area contributed by atoms with Gasteiger partial charge in [0, 0.05) is 11.3 Å². The van der Waals surface area contributed by atoms with Crippen molar-refractivity contribution >= 4 is 23.2 Å². The van der Waals surface area contributed by atoms with Crippen molar-refractivity contribution in [3.05, 3.63) is 45.9 Å². The summed E-state index contributed by atoms with van der Waals surface area (Å²) in [5.74, 6) is -2.57. The number of carboxylic acid groups (broad SMARTS) is 1. The first-order chi connectivity index (χ1) is 12.2. The Morgan fingerprint density at radius 1 is 1.35 bits per heavy atom. The third kappa shape index (κ3) is 4.31. The van der Waals surface area contributed by atoms with E-state index in [4.69, 9.17) is 5.11 Å². The van der Waals surface area contributed by atoms with Gasteiger partial charge in [0.15, 0.2) is 5.69 Å². The molecule has 1 aliphatic carbocycles. The van der Waals surface area contributed by atoms with Crippen LogP contribution in [-0.4, -0.2) is 28.3 Å². The zero-order valence-corrected chi connectivity index (χ0v) is 13.9. The van der Waals surface area contributed by atoms with E-state index in [9.17, 15) is 22.8 Å². The lowest BCUT2D eigenvalue weighted by Gasteiger charge is -2.13. The van der Waals surface area contributed by atoms with Crippen LogP contribution in [0.3, 0.4) is 0 Å². The first-order valence-electron chi connectivity index (χ1n) is 7.54. The summed E-state index contributed by atoms with van der Waals surface area (Å²) in [4.78, 5) is 26.8. The van der Waals surface area contributed by atoms with Gasteiger partial charge in [0.2, 0.25) is 5.91 Å². The maximum atomic E-state index is 12.5. The highest BCUT2D eigenvalue weighted by molar-refractivity contribution is 7.09. The quantitative estimate of drug-likeness (QED) is 0.796. The number of para-hydroxylation sites is 1. The van der Waals surface area contributed by atoms with Crippen LogP contribution in [0.25, 0.3) is 0 Å². The number of alkyl halides is 3. The lowest BCUT2D eigenvalue weighted by molar-refractivity contribution is -0.274. The molecule has 138 valence electrons. The van der Waals surface area contributed by atoms with Crippen LogP contribution in [0, 0.1) is 5.92 Å². The number of nitrogens with one attached hydrogen (secondary N) is 1. The molecular formula is C16H13F3N2O4S. The van der Waals surface area contributed by atoms with Crippen LogP contribution in [0.5, 0.6) is 5.75 Å². The number of halogens is 3. The summed E-state index contributed by atoms with van der Waals surface area (Å²) in [5.41, 5.74) is 0.245. The first kappa shape index (κ1) is 18.2. The highest BCUT2D eigenvalue weighted by Crippen LogP contribution is 2.51. The predicted molar refractivity (Wildman–Crippen MR) is 84.9 cm³/mol. The Balaban J connectivity index is 1.60. The van der Waals surface area contributed by atoms with Crippen LogP contribution < -0.4 is 10.1 Å². The number of aromatic nitrogens is 1. The summed E-state index contributed by atoms with van der Waals surface area (Å²) >= 11 is 1.11. The van der Waals surface area contributed by atoms with Gasteiger partial charge >= 0.3 is 12.3 Å². The molecule has 26 heavy (non-hydrogen) atoms. The molecule has 0 bridgehead atoms. The molecule has 0 spiro atoms. The molecule has 3 rings (SSSR count). The highest BCUT2D eigenvalue weighted by atomic mass is 32.1. The Morgan fingerprint density at radius 3 is 2.73 bits per heavy atom. The average Bonchev–Trinajstić information content (AvgIpc) is 3.20. The minimum Gasteiger partial charge on any atom is -0.476 e. The molecule has 1 fully saturated rings. The fourth-order valence-corrected chi connectivity index (χ4v) is 3.32. The molecule has 1 aliphatic rings. The normalized spacial score (nSPS) is 19.0. The molecule has 2 atom stereocenters. The van der Waals surface area contributed by atoms with E-state index in [0.29, 0.717) is 17.0 Å². The number of thiazole rings is 1. The predicted octanol–water partition coefficient (Wildman–Crippen LogP) is 3.16. The monoisotopic (exact) mass is 386 g/mol. The standard InChI is InChI=1S/C16H13F3N2O4S/c17-16(18,19)25-12-4-2-1-3-8(12)9-5-10(9)14(22)20-6-13-21-11(7-26-13)15(23)24/h1-4,7,9-10H,5-6H2,(H,20,22)(H,23,24)/t9-,10+/m1/s1. The van der Waals surface area contributed by atoms with Crippen LogP contribution >= 0.6 is 11.3 Å².